The van der Waals surface area contributed by atoms with Crippen LogP contribution in [-0.2, 0) is 0 Å². The lowest BCUT2D eigenvalue weighted by Crippen LogP contribution is -2.29. The standard InChI is InChI=1S/C26H29N5O3/c1-15(2)24-23-20(22-4-3-13-34-22)11-12-28-26(23)31(30-24)17-7-10-19(25(27)33)21(14-17)29-16-5-8-18(32)9-6-16/h3-4,7,10-16,18,29,32H,5-6,8-9H2,1-2H3,(H2,27,33)/t16-,18-. The second-order valence-electron chi connectivity index (χ2n) is 9.23. The maximum Gasteiger partial charge on any atom is 0.250 e. The molecule has 4 aromatic rings. The number of aliphatic hydroxyl groups is 1. The predicted octanol–water partition coefficient (Wildman–Crippen LogP) is 4.62. The molecule has 4 N–H and O–H groups in total. The summed E-state index contributed by atoms with van der Waals surface area (Å²) in [4.78, 5) is 16.8. The summed E-state index contributed by atoms with van der Waals surface area (Å²) in [6.07, 6.45) is 6.31. The number of aromatic nitrogens is 3. The van der Waals surface area contributed by atoms with Crippen LogP contribution >= 0.6 is 0 Å². The van der Waals surface area contributed by atoms with Gasteiger partial charge in [0.2, 0.25) is 0 Å². The van der Waals surface area contributed by atoms with Crippen molar-refractivity contribution < 1.29 is 14.3 Å². The van der Waals surface area contributed by atoms with Gasteiger partial charge in [-0.15, -0.1) is 0 Å². The van der Waals surface area contributed by atoms with Gasteiger partial charge >= 0.3 is 0 Å². The second kappa shape index (κ2) is 8.95. The highest BCUT2D eigenvalue weighted by Gasteiger charge is 2.23. The first-order valence-electron chi connectivity index (χ1n) is 11.7. The molecule has 0 saturated heterocycles. The van der Waals surface area contributed by atoms with E-state index in [1.54, 1.807) is 18.5 Å². The Morgan fingerprint density at radius 1 is 1.21 bits per heavy atom. The molecular formula is C26H29N5O3. The number of anilines is 1. The highest BCUT2D eigenvalue weighted by molar-refractivity contribution is 5.99. The molecule has 3 heterocycles. The molecule has 0 atom stereocenters. The Morgan fingerprint density at radius 2 is 2.00 bits per heavy atom. The third-order valence-corrected chi connectivity index (χ3v) is 6.50. The van der Waals surface area contributed by atoms with Crippen LogP contribution in [0, 0.1) is 0 Å². The van der Waals surface area contributed by atoms with Gasteiger partial charge in [0.25, 0.3) is 5.91 Å². The van der Waals surface area contributed by atoms with Gasteiger partial charge in [-0.05, 0) is 68.0 Å². The number of fused-ring (bicyclic) bond motifs is 1. The third kappa shape index (κ3) is 4.05. The van der Waals surface area contributed by atoms with Crippen LogP contribution in [0.25, 0.3) is 28.0 Å². The van der Waals surface area contributed by atoms with E-state index in [-0.39, 0.29) is 18.1 Å². The minimum Gasteiger partial charge on any atom is -0.464 e. The van der Waals surface area contributed by atoms with E-state index < -0.39 is 5.91 Å². The first-order chi connectivity index (χ1) is 16.4. The van der Waals surface area contributed by atoms with Gasteiger partial charge in [-0.3, -0.25) is 4.79 Å². The first-order valence-corrected chi connectivity index (χ1v) is 11.7. The quantitative estimate of drug-likeness (QED) is 0.387. The highest BCUT2D eigenvalue weighted by atomic mass is 16.3. The first kappa shape index (κ1) is 22.2. The Labute approximate surface area is 197 Å². The zero-order valence-corrected chi connectivity index (χ0v) is 19.4. The van der Waals surface area contributed by atoms with Gasteiger partial charge < -0.3 is 20.6 Å². The summed E-state index contributed by atoms with van der Waals surface area (Å²) < 4.78 is 7.50. The molecule has 8 heteroatoms. The van der Waals surface area contributed by atoms with Crippen molar-refractivity contribution >= 4 is 22.6 Å². The Bertz CT molecular complexity index is 1320. The normalized spacial score (nSPS) is 18.5. The number of nitrogens with two attached hydrogens (primary N) is 1. The van der Waals surface area contributed by atoms with Gasteiger partial charge in [0.15, 0.2) is 5.65 Å². The summed E-state index contributed by atoms with van der Waals surface area (Å²) in [5.41, 5.74) is 10.1. The molecule has 1 amide bonds. The molecule has 5 rings (SSSR count). The Hall–Kier alpha value is -3.65. The number of pyridine rings is 1. The summed E-state index contributed by atoms with van der Waals surface area (Å²) in [6, 6.07) is 11.4. The van der Waals surface area contributed by atoms with Gasteiger partial charge in [-0.25, -0.2) is 9.67 Å². The predicted molar refractivity (Wildman–Crippen MR) is 131 cm³/mol. The largest absolute Gasteiger partial charge is 0.464 e. The molecule has 0 unspecified atom stereocenters. The monoisotopic (exact) mass is 459 g/mol. The highest BCUT2D eigenvalue weighted by Crippen LogP contribution is 2.35. The van der Waals surface area contributed by atoms with E-state index in [0.717, 1.165) is 59.4 Å². The van der Waals surface area contributed by atoms with E-state index in [4.69, 9.17) is 15.2 Å². The molecular weight excluding hydrogens is 430 g/mol. The SMILES string of the molecule is CC(C)c1nn(-c2ccc(C(N)=O)c(N[C@H]3CC[C@H](O)CC3)c2)c2nccc(-c3ccco3)c12. The molecule has 1 fully saturated rings. The number of benzene rings is 1. The number of aliphatic hydroxyl groups excluding tert-OH is 1. The molecule has 1 aliphatic carbocycles. The zero-order chi connectivity index (χ0) is 23.8. The molecule has 8 nitrogen and oxygen atoms in total. The van der Waals surface area contributed by atoms with E-state index in [2.05, 4.69) is 24.1 Å². The van der Waals surface area contributed by atoms with Crippen LogP contribution in [0.1, 0.15) is 61.5 Å². The minimum atomic E-state index is -0.490. The number of primary amides is 1. The van der Waals surface area contributed by atoms with Crippen LogP contribution < -0.4 is 11.1 Å². The number of rotatable bonds is 6. The molecule has 1 aliphatic rings. The Kier molecular flexibility index (Phi) is 5.83. The number of nitrogens with one attached hydrogen (secondary N) is 1. The van der Waals surface area contributed by atoms with Crippen molar-refractivity contribution in [3.8, 4) is 17.0 Å². The molecule has 176 valence electrons. The molecule has 0 spiro atoms. The van der Waals surface area contributed by atoms with E-state index in [1.165, 1.54) is 0 Å². The fourth-order valence-electron chi connectivity index (χ4n) is 4.73. The van der Waals surface area contributed by atoms with Gasteiger partial charge in [-0.1, -0.05) is 13.8 Å². The fraction of sp³-hybridized carbons (Fsp3) is 0.346. The van der Waals surface area contributed by atoms with Gasteiger partial charge in [0.05, 0.1) is 34.7 Å². The lowest BCUT2D eigenvalue weighted by Gasteiger charge is -2.27. The Morgan fingerprint density at radius 3 is 2.68 bits per heavy atom. The van der Waals surface area contributed by atoms with Gasteiger partial charge in [-0.2, -0.15) is 5.10 Å². The number of nitrogens with zero attached hydrogens (tertiary/aromatic N) is 3. The zero-order valence-electron chi connectivity index (χ0n) is 19.4. The smallest absolute Gasteiger partial charge is 0.250 e. The maximum atomic E-state index is 12.1. The molecule has 3 aromatic heterocycles. The lowest BCUT2D eigenvalue weighted by molar-refractivity contribution is 0.100. The van der Waals surface area contributed by atoms with Crippen LogP contribution in [0.3, 0.4) is 0 Å². The summed E-state index contributed by atoms with van der Waals surface area (Å²) in [5.74, 6) is 0.439. The van der Waals surface area contributed by atoms with Crippen molar-refractivity contribution in [1.29, 1.82) is 0 Å². The minimum absolute atomic E-state index is 0.165. The van der Waals surface area contributed by atoms with Crippen molar-refractivity contribution in [1.82, 2.24) is 14.8 Å². The second-order valence-corrected chi connectivity index (χ2v) is 9.23. The van der Waals surface area contributed by atoms with E-state index in [9.17, 15) is 9.90 Å². The number of amides is 1. The van der Waals surface area contributed by atoms with Gasteiger partial charge in [0.1, 0.15) is 5.76 Å². The lowest BCUT2D eigenvalue weighted by atomic mass is 9.92. The number of hydrogen-bond donors (Lipinski definition) is 3. The number of hydrogen-bond acceptors (Lipinski definition) is 6. The molecule has 0 bridgehead atoms. The molecule has 1 aromatic carbocycles. The van der Waals surface area contributed by atoms with Crippen molar-refractivity contribution in [2.24, 2.45) is 5.73 Å². The fourth-order valence-corrected chi connectivity index (χ4v) is 4.73. The van der Waals surface area contributed by atoms with Crippen LogP contribution in [0.4, 0.5) is 5.69 Å². The average molecular weight is 460 g/mol. The van der Waals surface area contributed by atoms with Crippen LogP contribution in [0.5, 0.6) is 0 Å². The molecule has 1 saturated carbocycles. The molecule has 0 radical (unpaired) electrons. The number of carbonyl (C=O) groups is 1. The summed E-state index contributed by atoms with van der Waals surface area (Å²) in [5, 5.41) is 19.2. The maximum absolute atomic E-state index is 12.1. The Balaban J connectivity index is 1.62. The van der Waals surface area contributed by atoms with Crippen molar-refractivity contribution in [2.75, 3.05) is 5.32 Å². The van der Waals surface area contributed by atoms with E-state index in [0.29, 0.717) is 11.3 Å². The van der Waals surface area contributed by atoms with Crippen molar-refractivity contribution in [3.63, 3.8) is 0 Å². The summed E-state index contributed by atoms with van der Waals surface area (Å²) >= 11 is 0. The van der Waals surface area contributed by atoms with Crippen molar-refractivity contribution in [2.45, 2.75) is 57.6 Å². The molecule has 0 aliphatic heterocycles. The van der Waals surface area contributed by atoms with Gasteiger partial charge in [0, 0.05) is 23.5 Å². The van der Waals surface area contributed by atoms with Crippen LogP contribution in [0.15, 0.2) is 53.3 Å². The summed E-state index contributed by atoms with van der Waals surface area (Å²) in [7, 11) is 0. The topological polar surface area (TPSA) is 119 Å². The summed E-state index contributed by atoms with van der Waals surface area (Å²) in [6.45, 7) is 4.21. The number of furan rings is 1. The van der Waals surface area contributed by atoms with E-state index in [1.807, 2.05) is 35.0 Å². The van der Waals surface area contributed by atoms with Crippen LogP contribution in [-0.4, -0.2) is 37.9 Å². The van der Waals surface area contributed by atoms with Crippen molar-refractivity contribution in [3.05, 3.63) is 60.1 Å². The molecule has 34 heavy (non-hydrogen) atoms. The number of carbonyl (C=O) groups excluding carboxylic acids is 1. The average Bonchev–Trinajstić information content (AvgIpc) is 3.49. The van der Waals surface area contributed by atoms with Crippen LogP contribution in [0.2, 0.25) is 0 Å². The van der Waals surface area contributed by atoms with E-state index >= 15 is 0 Å². The third-order valence-electron chi connectivity index (χ3n) is 6.50.